The van der Waals surface area contributed by atoms with Crippen molar-refractivity contribution in [3.05, 3.63) is 96.9 Å². The van der Waals surface area contributed by atoms with Gasteiger partial charge in [-0.25, -0.2) is 17.8 Å². The molecule has 0 saturated heterocycles. The zero-order chi connectivity index (χ0) is 31.1. The van der Waals surface area contributed by atoms with Crippen LogP contribution in [0.3, 0.4) is 0 Å². The Morgan fingerprint density at radius 3 is 2.16 bits per heavy atom. The number of ether oxygens (including phenoxy) is 3. The normalized spacial score (nSPS) is 11.6. The van der Waals surface area contributed by atoms with Crippen LogP contribution >= 0.6 is 11.3 Å². The van der Waals surface area contributed by atoms with Crippen molar-refractivity contribution in [3.8, 4) is 17.2 Å². The van der Waals surface area contributed by atoms with Gasteiger partial charge in [-0.2, -0.15) is 14.4 Å². The molecule has 1 heterocycles. The van der Waals surface area contributed by atoms with Gasteiger partial charge >= 0.3 is 0 Å². The number of anilines is 1. The Morgan fingerprint density at radius 2 is 1.60 bits per heavy atom. The van der Waals surface area contributed by atoms with Gasteiger partial charge in [0.15, 0.2) is 11.5 Å². The number of hydrogen-bond donors (Lipinski definition) is 0. The average Bonchev–Trinajstić information content (AvgIpc) is 3.43. The molecule has 1 amide bonds. The van der Waals surface area contributed by atoms with Crippen molar-refractivity contribution in [3.63, 3.8) is 0 Å². The lowest BCUT2D eigenvalue weighted by Gasteiger charge is -2.19. The number of sulfonamides is 1. The fourth-order valence-corrected chi connectivity index (χ4v) is 6.39. The number of nitrogens with zero attached hydrogens (tertiary/aromatic N) is 4. The summed E-state index contributed by atoms with van der Waals surface area (Å²) < 4.78 is 58.1. The molecule has 0 atom stereocenters. The number of halogens is 1. The van der Waals surface area contributed by atoms with Crippen LogP contribution in [0, 0.1) is 5.82 Å². The molecule has 0 aliphatic rings. The lowest BCUT2D eigenvalue weighted by Crippen LogP contribution is -2.31. The monoisotopic (exact) mass is 624 g/mol. The van der Waals surface area contributed by atoms with Crippen LogP contribution in [-0.4, -0.2) is 64.2 Å². The first-order valence-corrected chi connectivity index (χ1v) is 15.0. The van der Waals surface area contributed by atoms with E-state index in [4.69, 9.17) is 14.2 Å². The summed E-state index contributed by atoms with van der Waals surface area (Å²) in [6.45, 7) is 7.41. The molecule has 3 aromatic carbocycles. The van der Waals surface area contributed by atoms with Gasteiger partial charge in [0.05, 0.1) is 42.7 Å². The number of aromatic nitrogens is 1. The van der Waals surface area contributed by atoms with Crippen molar-refractivity contribution in [2.45, 2.75) is 4.90 Å². The molecule has 43 heavy (non-hydrogen) atoms. The minimum absolute atomic E-state index is 0.00399. The molecule has 0 aliphatic carbocycles. The van der Waals surface area contributed by atoms with E-state index in [0.717, 1.165) is 16.3 Å². The Kier molecular flexibility index (Phi) is 9.91. The molecule has 0 spiro atoms. The molecule has 0 saturated carbocycles. The van der Waals surface area contributed by atoms with E-state index in [1.807, 2.05) is 0 Å². The Hall–Kier alpha value is -4.59. The number of carbonyl (C=O) groups is 1. The number of hydrazone groups is 1. The molecule has 4 aromatic rings. The van der Waals surface area contributed by atoms with E-state index < -0.39 is 21.7 Å². The minimum Gasteiger partial charge on any atom is -0.493 e. The van der Waals surface area contributed by atoms with Gasteiger partial charge in [-0.05, 0) is 54.6 Å². The standard InChI is InChI=1S/C30H29FN4O6S2/c1-6-14-34(15-7-2)43(37,38)23-11-8-21(9-12-23)29(36)35(30-33-24-13-10-22(31)18-27(24)42-30)32-19-20-16-25(39-3)28(41-5)26(17-20)40-4/h6-13,16-19H,1-2,14-15H2,3-5H3/b32-19+. The van der Waals surface area contributed by atoms with Crippen LogP contribution in [0.2, 0.25) is 0 Å². The van der Waals surface area contributed by atoms with E-state index in [2.05, 4.69) is 23.2 Å². The molecule has 0 bridgehead atoms. The van der Waals surface area contributed by atoms with Crippen LogP contribution < -0.4 is 19.2 Å². The fourth-order valence-electron chi connectivity index (χ4n) is 4.07. The number of rotatable bonds is 13. The fraction of sp³-hybridized carbons (Fsp3) is 0.167. The van der Waals surface area contributed by atoms with Gasteiger partial charge in [0.1, 0.15) is 5.82 Å². The summed E-state index contributed by atoms with van der Waals surface area (Å²) in [5.74, 6) is 0.116. The van der Waals surface area contributed by atoms with E-state index >= 15 is 0 Å². The van der Waals surface area contributed by atoms with Gasteiger partial charge in [-0.15, -0.1) is 13.2 Å². The number of methoxy groups -OCH3 is 3. The second-order valence-corrected chi connectivity index (χ2v) is 11.8. The average molecular weight is 625 g/mol. The highest BCUT2D eigenvalue weighted by atomic mass is 32.2. The topological polar surface area (TPSA) is 111 Å². The zero-order valence-corrected chi connectivity index (χ0v) is 25.3. The SMILES string of the molecule is C=CCN(CC=C)S(=O)(=O)c1ccc(C(=O)N(/N=C/c2cc(OC)c(OC)c(OC)c2)c2nc3ccc(F)cc3s2)cc1. The van der Waals surface area contributed by atoms with Crippen LogP contribution in [-0.2, 0) is 10.0 Å². The Labute approximate surface area is 253 Å². The third-order valence-corrected chi connectivity index (χ3v) is 8.97. The van der Waals surface area contributed by atoms with Crippen LogP contribution in [0.1, 0.15) is 15.9 Å². The first-order valence-electron chi connectivity index (χ1n) is 12.7. The van der Waals surface area contributed by atoms with E-state index in [-0.39, 0.29) is 28.7 Å². The second-order valence-electron chi connectivity index (χ2n) is 8.85. The Morgan fingerprint density at radius 1 is 0.977 bits per heavy atom. The number of hydrogen-bond acceptors (Lipinski definition) is 9. The third kappa shape index (κ3) is 6.74. The third-order valence-electron chi connectivity index (χ3n) is 6.13. The molecule has 0 aliphatic heterocycles. The van der Waals surface area contributed by atoms with Gasteiger partial charge in [-0.1, -0.05) is 23.5 Å². The van der Waals surface area contributed by atoms with Gasteiger partial charge in [0.25, 0.3) is 5.91 Å². The quantitative estimate of drug-likeness (QED) is 0.110. The van der Waals surface area contributed by atoms with Crippen LogP contribution in [0.25, 0.3) is 10.2 Å². The smallest absolute Gasteiger partial charge is 0.280 e. The van der Waals surface area contributed by atoms with Crippen molar-refractivity contribution in [1.82, 2.24) is 9.29 Å². The van der Waals surface area contributed by atoms with Gasteiger partial charge in [-0.3, -0.25) is 4.79 Å². The molecule has 0 radical (unpaired) electrons. The summed E-state index contributed by atoms with van der Waals surface area (Å²) in [5, 5.41) is 5.67. The summed E-state index contributed by atoms with van der Waals surface area (Å²) >= 11 is 1.07. The maximum Gasteiger partial charge on any atom is 0.280 e. The van der Waals surface area contributed by atoms with Gasteiger partial charge < -0.3 is 14.2 Å². The summed E-state index contributed by atoms with van der Waals surface area (Å²) in [4.78, 5) is 18.3. The molecular weight excluding hydrogens is 595 g/mol. The van der Waals surface area contributed by atoms with E-state index in [0.29, 0.717) is 33.0 Å². The Bertz CT molecular complexity index is 1750. The maximum atomic E-state index is 13.9. The predicted molar refractivity (Wildman–Crippen MR) is 166 cm³/mol. The van der Waals surface area contributed by atoms with Gasteiger partial charge in [0.2, 0.25) is 20.9 Å². The van der Waals surface area contributed by atoms with Crippen molar-refractivity contribution < 1.29 is 31.8 Å². The van der Waals surface area contributed by atoms with E-state index in [1.54, 1.807) is 12.1 Å². The molecule has 224 valence electrons. The predicted octanol–water partition coefficient (Wildman–Crippen LogP) is 5.50. The number of fused-ring (bicyclic) bond motifs is 1. The highest BCUT2D eigenvalue weighted by Gasteiger charge is 2.25. The minimum atomic E-state index is -3.87. The molecule has 13 heteroatoms. The first-order chi connectivity index (χ1) is 20.7. The van der Waals surface area contributed by atoms with Gasteiger partial charge in [0, 0.05) is 24.2 Å². The summed E-state index contributed by atoms with van der Waals surface area (Å²) in [6.07, 6.45) is 4.37. The summed E-state index contributed by atoms with van der Waals surface area (Å²) in [5.41, 5.74) is 1.14. The number of carbonyl (C=O) groups excluding carboxylic acids is 1. The van der Waals surface area contributed by atoms with Crippen LogP contribution in [0.4, 0.5) is 9.52 Å². The number of benzene rings is 3. The molecule has 4 rings (SSSR count). The maximum absolute atomic E-state index is 13.9. The highest BCUT2D eigenvalue weighted by molar-refractivity contribution is 7.89. The molecule has 0 N–H and O–H groups in total. The van der Waals surface area contributed by atoms with Crippen LogP contribution in [0.5, 0.6) is 17.2 Å². The van der Waals surface area contributed by atoms with Crippen molar-refractivity contribution in [2.24, 2.45) is 5.10 Å². The zero-order valence-electron chi connectivity index (χ0n) is 23.7. The second kappa shape index (κ2) is 13.6. The molecule has 0 unspecified atom stereocenters. The van der Waals surface area contributed by atoms with Crippen molar-refractivity contribution in [2.75, 3.05) is 39.4 Å². The van der Waals surface area contributed by atoms with Crippen molar-refractivity contribution in [1.29, 1.82) is 0 Å². The molecule has 1 aromatic heterocycles. The van der Waals surface area contributed by atoms with Crippen LogP contribution in [0.15, 0.2) is 89.9 Å². The lowest BCUT2D eigenvalue weighted by atomic mass is 10.2. The van der Waals surface area contributed by atoms with E-state index in [1.165, 1.54) is 86.5 Å². The summed E-state index contributed by atoms with van der Waals surface area (Å²) in [6, 6.07) is 12.9. The molecule has 10 nitrogen and oxygen atoms in total. The summed E-state index contributed by atoms with van der Waals surface area (Å²) in [7, 11) is 0.570. The highest BCUT2D eigenvalue weighted by Crippen LogP contribution is 2.38. The van der Waals surface area contributed by atoms with E-state index in [9.17, 15) is 17.6 Å². The number of thiazole rings is 1. The lowest BCUT2D eigenvalue weighted by molar-refractivity contribution is 0.0987. The largest absolute Gasteiger partial charge is 0.493 e. The first kappa shape index (κ1) is 31.3. The number of amides is 1. The molecular formula is C30H29FN4O6S2. The Balaban J connectivity index is 1.75. The van der Waals surface area contributed by atoms with Crippen molar-refractivity contribution >= 4 is 48.8 Å². The molecule has 0 fully saturated rings.